The van der Waals surface area contributed by atoms with Gasteiger partial charge in [-0.3, -0.25) is 4.79 Å². The first kappa shape index (κ1) is 15.5. The molecule has 0 saturated heterocycles. The highest BCUT2D eigenvalue weighted by Gasteiger charge is 2.09. The molecule has 106 valence electrons. The first-order chi connectivity index (χ1) is 8.92. The summed E-state index contributed by atoms with van der Waals surface area (Å²) in [4.78, 5) is 11.6. The van der Waals surface area contributed by atoms with E-state index >= 15 is 0 Å². The average Bonchev–Trinajstić information content (AvgIpc) is 2.35. The van der Waals surface area contributed by atoms with Crippen molar-refractivity contribution >= 4 is 11.6 Å². The predicted octanol–water partition coefficient (Wildman–Crippen LogP) is 2.26. The van der Waals surface area contributed by atoms with Gasteiger partial charge in [-0.15, -0.1) is 0 Å². The topological polar surface area (TPSA) is 61.4 Å². The van der Waals surface area contributed by atoms with Crippen LogP contribution < -0.4 is 10.6 Å². The maximum atomic E-state index is 11.6. The molecule has 0 aliphatic rings. The molecule has 0 atom stereocenters. The zero-order chi connectivity index (χ0) is 14.3. The van der Waals surface area contributed by atoms with Crippen LogP contribution in [0.15, 0.2) is 24.3 Å². The van der Waals surface area contributed by atoms with Gasteiger partial charge >= 0.3 is 0 Å². The molecule has 0 heterocycles. The number of amides is 1. The molecule has 0 aliphatic heterocycles. The maximum Gasteiger partial charge on any atom is 0.251 e. The van der Waals surface area contributed by atoms with Crippen molar-refractivity contribution in [2.75, 3.05) is 25.0 Å². The summed E-state index contributed by atoms with van der Waals surface area (Å²) in [6.45, 7) is 7.79. The van der Waals surface area contributed by atoms with Gasteiger partial charge in [0, 0.05) is 24.3 Å². The molecule has 1 amide bonds. The van der Waals surface area contributed by atoms with Crippen LogP contribution >= 0.6 is 0 Å². The Morgan fingerprint density at radius 3 is 2.32 bits per heavy atom. The van der Waals surface area contributed by atoms with Gasteiger partial charge in [-0.05, 0) is 36.1 Å². The molecule has 1 aromatic carbocycles. The fourth-order valence-electron chi connectivity index (χ4n) is 1.59. The van der Waals surface area contributed by atoms with E-state index in [1.54, 1.807) is 12.1 Å². The van der Waals surface area contributed by atoms with Gasteiger partial charge in [-0.1, -0.05) is 20.8 Å². The van der Waals surface area contributed by atoms with Crippen molar-refractivity contribution in [1.82, 2.24) is 5.32 Å². The predicted molar refractivity (Wildman–Crippen MR) is 78.4 cm³/mol. The summed E-state index contributed by atoms with van der Waals surface area (Å²) >= 11 is 0. The second-order valence-electron chi connectivity index (χ2n) is 5.79. The van der Waals surface area contributed by atoms with Crippen molar-refractivity contribution in [2.24, 2.45) is 5.41 Å². The number of anilines is 1. The molecular weight excluding hydrogens is 240 g/mol. The minimum atomic E-state index is -0.157. The van der Waals surface area contributed by atoms with E-state index in [1.165, 1.54) is 0 Å². The standard InChI is InChI=1S/C15H24N2O2/c1-15(2,3)8-9-16-13-6-4-12(5-7-13)14(19)17-10-11-18/h4-7,16,18H,8-11H2,1-3H3,(H,17,19). The van der Waals surface area contributed by atoms with Crippen LogP contribution in [0.2, 0.25) is 0 Å². The third-order valence-electron chi connectivity index (χ3n) is 2.75. The molecule has 4 nitrogen and oxygen atoms in total. The maximum absolute atomic E-state index is 11.6. The Morgan fingerprint density at radius 1 is 1.16 bits per heavy atom. The summed E-state index contributed by atoms with van der Waals surface area (Å²) in [5, 5.41) is 14.6. The zero-order valence-electron chi connectivity index (χ0n) is 12.0. The molecule has 1 rings (SSSR count). The lowest BCUT2D eigenvalue weighted by molar-refractivity contribution is 0.0945. The lowest BCUT2D eigenvalue weighted by Crippen LogP contribution is -2.26. The number of carbonyl (C=O) groups is 1. The average molecular weight is 264 g/mol. The fourth-order valence-corrected chi connectivity index (χ4v) is 1.59. The lowest BCUT2D eigenvalue weighted by atomic mass is 9.92. The van der Waals surface area contributed by atoms with E-state index < -0.39 is 0 Å². The van der Waals surface area contributed by atoms with Crippen molar-refractivity contribution in [2.45, 2.75) is 27.2 Å². The molecule has 1 aromatic rings. The Balaban J connectivity index is 2.45. The van der Waals surface area contributed by atoms with E-state index in [9.17, 15) is 4.79 Å². The first-order valence-corrected chi connectivity index (χ1v) is 6.65. The summed E-state index contributed by atoms with van der Waals surface area (Å²) in [6, 6.07) is 7.37. The van der Waals surface area contributed by atoms with Crippen LogP contribution in [-0.2, 0) is 0 Å². The molecule has 0 aromatic heterocycles. The van der Waals surface area contributed by atoms with Crippen LogP contribution in [-0.4, -0.2) is 30.7 Å². The fraction of sp³-hybridized carbons (Fsp3) is 0.533. The monoisotopic (exact) mass is 264 g/mol. The van der Waals surface area contributed by atoms with Crippen molar-refractivity contribution in [1.29, 1.82) is 0 Å². The van der Waals surface area contributed by atoms with Crippen molar-refractivity contribution < 1.29 is 9.90 Å². The van der Waals surface area contributed by atoms with Gasteiger partial charge in [0.05, 0.1) is 6.61 Å². The summed E-state index contributed by atoms with van der Waals surface area (Å²) in [6.07, 6.45) is 1.09. The Hall–Kier alpha value is -1.55. The summed E-state index contributed by atoms with van der Waals surface area (Å²) < 4.78 is 0. The normalized spacial score (nSPS) is 11.2. The number of hydrogen-bond donors (Lipinski definition) is 3. The highest BCUT2D eigenvalue weighted by atomic mass is 16.3. The van der Waals surface area contributed by atoms with Crippen LogP contribution in [0.3, 0.4) is 0 Å². The number of nitrogens with one attached hydrogen (secondary N) is 2. The Kier molecular flexibility index (Phi) is 5.83. The smallest absolute Gasteiger partial charge is 0.251 e. The van der Waals surface area contributed by atoms with E-state index in [0.717, 1.165) is 18.7 Å². The SMILES string of the molecule is CC(C)(C)CCNc1ccc(C(=O)NCCO)cc1. The molecule has 0 radical (unpaired) electrons. The molecule has 3 N–H and O–H groups in total. The highest BCUT2D eigenvalue weighted by molar-refractivity contribution is 5.94. The van der Waals surface area contributed by atoms with Gasteiger partial charge in [0.15, 0.2) is 0 Å². The minimum absolute atomic E-state index is 0.0435. The third kappa shape index (κ3) is 6.25. The molecule has 0 spiro atoms. The Labute approximate surface area is 115 Å². The Bertz CT molecular complexity index is 394. The van der Waals surface area contributed by atoms with E-state index in [4.69, 9.17) is 5.11 Å². The second kappa shape index (κ2) is 7.14. The van der Waals surface area contributed by atoms with Crippen molar-refractivity contribution in [3.05, 3.63) is 29.8 Å². The number of rotatable bonds is 6. The summed E-state index contributed by atoms with van der Waals surface area (Å²) in [5.74, 6) is -0.157. The van der Waals surface area contributed by atoms with Gasteiger partial charge in [0.25, 0.3) is 5.91 Å². The van der Waals surface area contributed by atoms with Crippen LogP contribution in [0, 0.1) is 5.41 Å². The van der Waals surface area contributed by atoms with Crippen molar-refractivity contribution in [3.8, 4) is 0 Å². The van der Waals surface area contributed by atoms with E-state index in [-0.39, 0.29) is 19.1 Å². The van der Waals surface area contributed by atoms with Gasteiger partial charge in [0.1, 0.15) is 0 Å². The zero-order valence-corrected chi connectivity index (χ0v) is 12.0. The molecule has 0 aliphatic carbocycles. The lowest BCUT2D eigenvalue weighted by Gasteiger charge is -2.18. The molecule has 0 saturated carbocycles. The van der Waals surface area contributed by atoms with Crippen LogP contribution in [0.5, 0.6) is 0 Å². The van der Waals surface area contributed by atoms with Crippen LogP contribution in [0.25, 0.3) is 0 Å². The molecule has 4 heteroatoms. The van der Waals surface area contributed by atoms with Crippen LogP contribution in [0.1, 0.15) is 37.6 Å². The van der Waals surface area contributed by atoms with Gasteiger partial charge in [-0.25, -0.2) is 0 Å². The minimum Gasteiger partial charge on any atom is -0.395 e. The van der Waals surface area contributed by atoms with Gasteiger partial charge < -0.3 is 15.7 Å². The van der Waals surface area contributed by atoms with Gasteiger partial charge in [0.2, 0.25) is 0 Å². The Morgan fingerprint density at radius 2 is 1.79 bits per heavy atom. The number of carbonyl (C=O) groups excluding carboxylic acids is 1. The number of aliphatic hydroxyl groups is 1. The highest BCUT2D eigenvalue weighted by Crippen LogP contribution is 2.18. The summed E-state index contributed by atoms with van der Waals surface area (Å²) in [5.41, 5.74) is 1.94. The summed E-state index contributed by atoms with van der Waals surface area (Å²) in [7, 11) is 0. The number of hydrogen-bond acceptors (Lipinski definition) is 3. The number of benzene rings is 1. The van der Waals surface area contributed by atoms with E-state index in [0.29, 0.717) is 11.0 Å². The molecule has 19 heavy (non-hydrogen) atoms. The van der Waals surface area contributed by atoms with E-state index in [1.807, 2.05) is 12.1 Å². The molecule has 0 fully saturated rings. The third-order valence-corrected chi connectivity index (χ3v) is 2.75. The molecular formula is C15H24N2O2. The number of aliphatic hydroxyl groups excluding tert-OH is 1. The largest absolute Gasteiger partial charge is 0.395 e. The van der Waals surface area contributed by atoms with Crippen molar-refractivity contribution in [3.63, 3.8) is 0 Å². The second-order valence-corrected chi connectivity index (χ2v) is 5.79. The first-order valence-electron chi connectivity index (χ1n) is 6.65. The molecule has 0 unspecified atom stereocenters. The van der Waals surface area contributed by atoms with Crippen LogP contribution in [0.4, 0.5) is 5.69 Å². The van der Waals surface area contributed by atoms with E-state index in [2.05, 4.69) is 31.4 Å². The molecule has 0 bridgehead atoms. The quantitative estimate of drug-likeness (QED) is 0.738. The van der Waals surface area contributed by atoms with Gasteiger partial charge in [-0.2, -0.15) is 0 Å².